The van der Waals surface area contributed by atoms with E-state index >= 15 is 0 Å². The minimum atomic E-state index is 0.409. The number of hydrogen-bond donors (Lipinski definition) is 0. The van der Waals surface area contributed by atoms with Crippen LogP contribution in [0.3, 0.4) is 0 Å². The quantitative estimate of drug-likeness (QED) is 0.862. The highest BCUT2D eigenvalue weighted by atomic mass is 16.4. The molecule has 0 N–H and O–H groups in total. The topological polar surface area (TPSA) is 42.2 Å². The van der Waals surface area contributed by atoms with E-state index in [-0.39, 0.29) is 0 Å². The molecule has 0 spiro atoms. The first-order valence-electron chi connectivity index (χ1n) is 8.53. The van der Waals surface area contributed by atoms with Crippen LogP contribution >= 0.6 is 0 Å². The van der Waals surface area contributed by atoms with E-state index in [2.05, 4.69) is 15.1 Å². The second kappa shape index (κ2) is 6.21. The number of nitrogens with zero attached hydrogens (tertiary/aromatic N) is 3. The van der Waals surface area contributed by atoms with Crippen molar-refractivity contribution >= 4 is 0 Å². The summed E-state index contributed by atoms with van der Waals surface area (Å²) in [5, 5.41) is 8.54. The average molecular weight is 297 g/mol. The van der Waals surface area contributed by atoms with E-state index in [1.165, 1.54) is 38.6 Å². The molecule has 4 rings (SSSR count). The fourth-order valence-corrected chi connectivity index (χ4v) is 3.86. The molecule has 1 aliphatic carbocycles. The van der Waals surface area contributed by atoms with Crippen molar-refractivity contribution in [2.45, 2.75) is 50.5 Å². The lowest BCUT2D eigenvalue weighted by Gasteiger charge is -2.30. The normalized spacial score (nSPS) is 23.9. The van der Waals surface area contributed by atoms with Gasteiger partial charge in [-0.3, -0.25) is 4.90 Å². The van der Waals surface area contributed by atoms with Gasteiger partial charge in [-0.15, -0.1) is 10.2 Å². The summed E-state index contributed by atoms with van der Waals surface area (Å²) in [6.45, 7) is 2.26. The highest BCUT2D eigenvalue weighted by Crippen LogP contribution is 2.33. The molecular weight excluding hydrogens is 274 g/mol. The van der Waals surface area contributed by atoms with Crippen LogP contribution in [0.4, 0.5) is 0 Å². The summed E-state index contributed by atoms with van der Waals surface area (Å²) in [4.78, 5) is 2.65. The van der Waals surface area contributed by atoms with Crippen molar-refractivity contribution in [1.82, 2.24) is 15.1 Å². The Bertz CT molecular complexity index is 604. The van der Waals surface area contributed by atoms with Gasteiger partial charge in [0.1, 0.15) is 0 Å². The van der Waals surface area contributed by atoms with Crippen molar-refractivity contribution in [3.8, 4) is 11.5 Å². The largest absolute Gasteiger partial charge is 0.420 e. The van der Waals surface area contributed by atoms with Crippen LogP contribution in [0.1, 0.15) is 50.3 Å². The summed E-state index contributed by atoms with van der Waals surface area (Å²) in [6.07, 6.45) is 8.08. The SMILES string of the molecule is c1ccc(-c2nnc([C@H]3CCN(C4CCCCC4)C3)o2)cc1. The van der Waals surface area contributed by atoms with Gasteiger partial charge in [0.2, 0.25) is 11.8 Å². The van der Waals surface area contributed by atoms with Crippen molar-refractivity contribution in [2.75, 3.05) is 13.1 Å². The van der Waals surface area contributed by atoms with Crippen molar-refractivity contribution in [3.05, 3.63) is 36.2 Å². The number of benzene rings is 1. The summed E-state index contributed by atoms with van der Waals surface area (Å²) in [7, 11) is 0. The number of rotatable bonds is 3. The molecular formula is C18H23N3O. The zero-order valence-corrected chi connectivity index (χ0v) is 12.9. The van der Waals surface area contributed by atoms with E-state index < -0.39 is 0 Å². The van der Waals surface area contributed by atoms with Crippen LogP contribution in [0, 0.1) is 0 Å². The van der Waals surface area contributed by atoms with E-state index in [0.29, 0.717) is 11.8 Å². The predicted molar refractivity (Wildman–Crippen MR) is 85.5 cm³/mol. The van der Waals surface area contributed by atoms with Crippen LogP contribution in [-0.4, -0.2) is 34.2 Å². The summed E-state index contributed by atoms with van der Waals surface area (Å²) < 4.78 is 5.94. The van der Waals surface area contributed by atoms with Crippen LogP contribution < -0.4 is 0 Å². The molecule has 0 unspecified atom stereocenters. The standard InChI is InChI=1S/C18H23N3O/c1-3-7-14(8-4-1)17-19-20-18(22-17)15-11-12-21(13-15)16-9-5-2-6-10-16/h1,3-4,7-8,15-16H,2,5-6,9-13H2/t15-/m0/s1. The van der Waals surface area contributed by atoms with Gasteiger partial charge in [0.25, 0.3) is 0 Å². The van der Waals surface area contributed by atoms with Gasteiger partial charge in [-0.1, -0.05) is 37.5 Å². The lowest BCUT2D eigenvalue weighted by molar-refractivity contribution is 0.187. The average Bonchev–Trinajstić information content (AvgIpc) is 3.26. The van der Waals surface area contributed by atoms with Gasteiger partial charge in [-0.25, -0.2) is 0 Å². The fourth-order valence-electron chi connectivity index (χ4n) is 3.86. The monoisotopic (exact) mass is 297 g/mol. The molecule has 1 saturated heterocycles. The van der Waals surface area contributed by atoms with Crippen molar-refractivity contribution in [2.24, 2.45) is 0 Å². The van der Waals surface area contributed by atoms with Gasteiger partial charge >= 0.3 is 0 Å². The molecule has 0 radical (unpaired) electrons. The van der Waals surface area contributed by atoms with Gasteiger partial charge < -0.3 is 4.42 Å². The maximum Gasteiger partial charge on any atom is 0.247 e. The van der Waals surface area contributed by atoms with Crippen LogP contribution in [-0.2, 0) is 0 Å². The fraction of sp³-hybridized carbons (Fsp3) is 0.556. The number of aromatic nitrogens is 2. The zero-order valence-electron chi connectivity index (χ0n) is 12.9. The maximum atomic E-state index is 5.94. The van der Waals surface area contributed by atoms with Crippen molar-refractivity contribution < 1.29 is 4.42 Å². The molecule has 1 aliphatic heterocycles. The van der Waals surface area contributed by atoms with Gasteiger partial charge in [-0.05, 0) is 37.9 Å². The molecule has 0 amide bonds. The lowest BCUT2D eigenvalue weighted by atomic mass is 9.94. The number of likely N-dealkylation sites (tertiary alicyclic amines) is 1. The Hall–Kier alpha value is -1.68. The molecule has 2 fully saturated rings. The molecule has 4 nitrogen and oxygen atoms in total. The third-order valence-corrected chi connectivity index (χ3v) is 5.12. The first-order chi connectivity index (χ1) is 10.9. The van der Waals surface area contributed by atoms with E-state index in [4.69, 9.17) is 4.42 Å². The van der Waals surface area contributed by atoms with Crippen LogP contribution in [0.25, 0.3) is 11.5 Å². The van der Waals surface area contributed by atoms with Crippen LogP contribution in [0.5, 0.6) is 0 Å². The van der Waals surface area contributed by atoms with E-state index in [0.717, 1.165) is 30.5 Å². The Morgan fingerprint density at radius 1 is 0.955 bits per heavy atom. The first kappa shape index (κ1) is 13.9. The number of hydrogen-bond acceptors (Lipinski definition) is 4. The summed E-state index contributed by atoms with van der Waals surface area (Å²) in [6, 6.07) is 10.8. The highest BCUT2D eigenvalue weighted by Gasteiger charge is 2.32. The van der Waals surface area contributed by atoms with E-state index in [9.17, 15) is 0 Å². The Balaban J connectivity index is 1.44. The van der Waals surface area contributed by atoms with Gasteiger partial charge in [0, 0.05) is 18.2 Å². The molecule has 4 heteroatoms. The Morgan fingerprint density at radius 2 is 1.77 bits per heavy atom. The van der Waals surface area contributed by atoms with Crippen molar-refractivity contribution in [1.29, 1.82) is 0 Å². The second-order valence-electron chi connectivity index (χ2n) is 6.58. The predicted octanol–water partition coefficient (Wildman–Crippen LogP) is 3.86. The zero-order chi connectivity index (χ0) is 14.8. The molecule has 116 valence electrons. The first-order valence-corrected chi connectivity index (χ1v) is 8.53. The summed E-state index contributed by atoms with van der Waals surface area (Å²) in [5.74, 6) is 1.87. The minimum absolute atomic E-state index is 0.409. The molecule has 1 aromatic carbocycles. The Morgan fingerprint density at radius 3 is 2.59 bits per heavy atom. The molecule has 2 aromatic rings. The molecule has 2 aliphatic rings. The molecule has 1 saturated carbocycles. The molecule has 1 aromatic heterocycles. The second-order valence-corrected chi connectivity index (χ2v) is 6.58. The van der Waals surface area contributed by atoms with Gasteiger partial charge in [-0.2, -0.15) is 0 Å². The molecule has 1 atom stereocenters. The third kappa shape index (κ3) is 2.80. The summed E-state index contributed by atoms with van der Waals surface area (Å²) >= 11 is 0. The van der Waals surface area contributed by atoms with Crippen molar-refractivity contribution in [3.63, 3.8) is 0 Å². The maximum absolute atomic E-state index is 5.94. The van der Waals surface area contributed by atoms with Gasteiger partial charge in [0.05, 0.1) is 5.92 Å². The Kier molecular flexibility index (Phi) is 3.94. The minimum Gasteiger partial charge on any atom is -0.420 e. The molecule has 2 heterocycles. The third-order valence-electron chi connectivity index (χ3n) is 5.12. The summed E-state index contributed by atoms with van der Waals surface area (Å²) in [5.41, 5.74) is 1.00. The van der Waals surface area contributed by atoms with Gasteiger partial charge in [0.15, 0.2) is 0 Å². The van der Waals surface area contributed by atoms with E-state index in [1.54, 1.807) is 0 Å². The van der Waals surface area contributed by atoms with Crippen LogP contribution in [0.15, 0.2) is 34.7 Å². The smallest absolute Gasteiger partial charge is 0.247 e. The van der Waals surface area contributed by atoms with Crippen LogP contribution in [0.2, 0.25) is 0 Å². The molecule has 22 heavy (non-hydrogen) atoms. The highest BCUT2D eigenvalue weighted by molar-refractivity contribution is 5.51. The van der Waals surface area contributed by atoms with E-state index in [1.807, 2.05) is 30.3 Å². The molecule has 0 bridgehead atoms. The lowest BCUT2D eigenvalue weighted by Crippen LogP contribution is -2.34. The Labute approximate surface area is 131 Å².